The summed E-state index contributed by atoms with van der Waals surface area (Å²) in [5, 5.41) is 7.42. The molecule has 0 unspecified atom stereocenters. The molecule has 1 heterocycles. The van der Waals surface area contributed by atoms with Gasteiger partial charge >= 0.3 is 0 Å². The van der Waals surface area contributed by atoms with Crippen LogP contribution < -0.4 is 5.32 Å². The number of rotatable bonds is 5. The second-order valence-electron chi connectivity index (χ2n) is 6.36. The van der Waals surface area contributed by atoms with Gasteiger partial charge in [-0.3, -0.25) is 4.79 Å². The van der Waals surface area contributed by atoms with Crippen LogP contribution in [0.3, 0.4) is 0 Å². The van der Waals surface area contributed by atoms with E-state index in [4.69, 9.17) is 0 Å². The van der Waals surface area contributed by atoms with Gasteiger partial charge in [0.1, 0.15) is 11.5 Å². The lowest BCUT2D eigenvalue weighted by Crippen LogP contribution is -2.12. The number of amides is 1. The van der Waals surface area contributed by atoms with Gasteiger partial charge in [0.15, 0.2) is 0 Å². The number of benzene rings is 3. The number of hydrogen-bond acceptors (Lipinski definition) is 3. The average Bonchev–Trinajstić information content (AvgIpc) is 3.20. The molecule has 0 fully saturated rings. The first-order chi connectivity index (χ1) is 14.1. The van der Waals surface area contributed by atoms with Gasteiger partial charge in [-0.05, 0) is 48.7 Å². The zero-order chi connectivity index (χ0) is 20.2. The van der Waals surface area contributed by atoms with E-state index in [1.54, 1.807) is 34.8 Å². The summed E-state index contributed by atoms with van der Waals surface area (Å²) < 4.78 is 15.2. The summed E-state index contributed by atoms with van der Waals surface area (Å²) in [6.45, 7) is 0. The van der Waals surface area contributed by atoms with Gasteiger partial charge in [0.05, 0.1) is 11.3 Å². The lowest BCUT2D eigenvalue weighted by atomic mass is 10.1. The fourth-order valence-electron chi connectivity index (χ4n) is 2.98. The third kappa shape index (κ3) is 4.22. The van der Waals surface area contributed by atoms with Crippen molar-refractivity contribution in [3.8, 4) is 16.9 Å². The maximum absolute atomic E-state index is 13.5. The minimum atomic E-state index is -0.407. The van der Waals surface area contributed by atoms with Crippen LogP contribution in [0.25, 0.3) is 16.9 Å². The van der Waals surface area contributed by atoms with E-state index in [9.17, 15) is 9.18 Å². The minimum Gasteiger partial charge on any atom is -0.322 e. The van der Waals surface area contributed by atoms with E-state index in [1.165, 1.54) is 12.1 Å². The fraction of sp³-hybridized carbons (Fsp3) is 0.0435. The Morgan fingerprint density at radius 3 is 2.45 bits per heavy atom. The summed E-state index contributed by atoms with van der Waals surface area (Å²) in [6.07, 6.45) is 3.71. The molecule has 0 radical (unpaired) electrons. The number of nitrogens with one attached hydrogen (secondary N) is 1. The Kier molecular flexibility index (Phi) is 5.44. The topological polar surface area (TPSA) is 46.9 Å². The zero-order valence-electron chi connectivity index (χ0n) is 15.7. The van der Waals surface area contributed by atoms with Crippen molar-refractivity contribution in [3.05, 3.63) is 96.4 Å². The zero-order valence-corrected chi connectivity index (χ0v) is 16.5. The van der Waals surface area contributed by atoms with Crippen molar-refractivity contribution in [3.63, 3.8) is 0 Å². The third-order valence-electron chi connectivity index (χ3n) is 4.43. The molecule has 0 aliphatic carbocycles. The van der Waals surface area contributed by atoms with Crippen molar-refractivity contribution >= 4 is 23.4 Å². The van der Waals surface area contributed by atoms with Crippen LogP contribution in [-0.4, -0.2) is 21.9 Å². The molecule has 0 saturated carbocycles. The molecule has 4 rings (SSSR count). The van der Waals surface area contributed by atoms with Crippen LogP contribution >= 0.6 is 11.8 Å². The maximum atomic E-state index is 13.5. The SMILES string of the molecule is CSc1ccc(-c2nn(-c3ccccc3)cc2C(=O)Nc2cccc(F)c2)cc1. The number of anilines is 1. The van der Waals surface area contributed by atoms with Gasteiger partial charge in [-0.2, -0.15) is 5.10 Å². The number of aromatic nitrogens is 2. The molecule has 1 N–H and O–H groups in total. The van der Waals surface area contributed by atoms with Gasteiger partial charge in [0, 0.05) is 22.3 Å². The smallest absolute Gasteiger partial charge is 0.259 e. The van der Waals surface area contributed by atoms with Gasteiger partial charge in [0.2, 0.25) is 0 Å². The molecular weight excluding hydrogens is 385 g/mol. The van der Waals surface area contributed by atoms with Crippen molar-refractivity contribution in [2.45, 2.75) is 4.90 Å². The summed E-state index contributed by atoms with van der Waals surface area (Å²) >= 11 is 1.65. The molecule has 1 amide bonds. The van der Waals surface area contributed by atoms with Crippen molar-refractivity contribution in [2.75, 3.05) is 11.6 Å². The highest BCUT2D eigenvalue weighted by Gasteiger charge is 2.19. The van der Waals surface area contributed by atoms with Crippen LogP contribution in [-0.2, 0) is 0 Å². The molecule has 1 aromatic heterocycles. The summed E-state index contributed by atoms with van der Waals surface area (Å²) in [6, 6.07) is 23.3. The predicted octanol–water partition coefficient (Wildman–Crippen LogP) is 5.65. The molecule has 0 atom stereocenters. The molecule has 0 bridgehead atoms. The normalized spacial score (nSPS) is 10.7. The molecule has 4 aromatic rings. The predicted molar refractivity (Wildman–Crippen MR) is 115 cm³/mol. The number of carbonyl (C=O) groups is 1. The van der Waals surface area contributed by atoms with E-state index < -0.39 is 5.82 Å². The Bertz CT molecular complexity index is 1140. The van der Waals surface area contributed by atoms with Gasteiger partial charge in [-0.15, -0.1) is 11.8 Å². The maximum Gasteiger partial charge on any atom is 0.259 e. The van der Waals surface area contributed by atoms with Gasteiger partial charge < -0.3 is 5.32 Å². The van der Waals surface area contributed by atoms with Crippen LogP contribution in [0.2, 0.25) is 0 Å². The Hall–Kier alpha value is -3.38. The first-order valence-electron chi connectivity index (χ1n) is 9.00. The molecule has 0 saturated heterocycles. The molecule has 29 heavy (non-hydrogen) atoms. The van der Waals surface area contributed by atoms with Crippen molar-refractivity contribution < 1.29 is 9.18 Å². The summed E-state index contributed by atoms with van der Waals surface area (Å²) in [4.78, 5) is 14.1. The van der Waals surface area contributed by atoms with Crippen LogP contribution in [0, 0.1) is 5.82 Å². The minimum absolute atomic E-state index is 0.346. The number of halogens is 1. The highest BCUT2D eigenvalue weighted by molar-refractivity contribution is 7.98. The first kappa shape index (κ1) is 19.0. The van der Waals surface area contributed by atoms with Crippen molar-refractivity contribution in [1.29, 1.82) is 0 Å². The van der Waals surface area contributed by atoms with Gasteiger partial charge in [-0.25, -0.2) is 9.07 Å². The molecule has 3 aromatic carbocycles. The third-order valence-corrected chi connectivity index (χ3v) is 5.17. The lowest BCUT2D eigenvalue weighted by Gasteiger charge is -2.06. The van der Waals surface area contributed by atoms with Crippen LogP contribution in [0.15, 0.2) is 90.0 Å². The van der Waals surface area contributed by atoms with Crippen LogP contribution in [0.5, 0.6) is 0 Å². The monoisotopic (exact) mass is 403 g/mol. The largest absolute Gasteiger partial charge is 0.322 e. The van der Waals surface area contributed by atoms with Crippen molar-refractivity contribution in [1.82, 2.24) is 9.78 Å². The molecule has 0 spiro atoms. The molecule has 6 heteroatoms. The second kappa shape index (κ2) is 8.32. The molecule has 0 aliphatic heterocycles. The van der Waals surface area contributed by atoms with E-state index in [1.807, 2.05) is 60.9 Å². The highest BCUT2D eigenvalue weighted by Crippen LogP contribution is 2.27. The fourth-order valence-corrected chi connectivity index (χ4v) is 3.39. The van der Waals surface area contributed by atoms with E-state index in [0.717, 1.165) is 16.1 Å². The highest BCUT2D eigenvalue weighted by atomic mass is 32.2. The van der Waals surface area contributed by atoms with E-state index >= 15 is 0 Å². The number of nitrogens with zero attached hydrogens (tertiary/aromatic N) is 2. The second-order valence-corrected chi connectivity index (χ2v) is 7.24. The lowest BCUT2D eigenvalue weighted by molar-refractivity contribution is 0.102. The average molecular weight is 403 g/mol. The molecule has 0 aliphatic rings. The van der Waals surface area contributed by atoms with E-state index in [0.29, 0.717) is 16.9 Å². The summed E-state index contributed by atoms with van der Waals surface area (Å²) in [5.41, 5.74) is 3.05. The van der Waals surface area contributed by atoms with Gasteiger partial charge in [0.25, 0.3) is 5.91 Å². The van der Waals surface area contributed by atoms with Crippen LogP contribution in [0.1, 0.15) is 10.4 Å². The summed E-state index contributed by atoms with van der Waals surface area (Å²) in [5.74, 6) is -0.752. The quantitative estimate of drug-likeness (QED) is 0.438. The molecular formula is C23H18FN3OS. The Labute approximate surface area is 172 Å². The Morgan fingerprint density at radius 2 is 1.76 bits per heavy atom. The van der Waals surface area contributed by atoms with Crippen molar-refractivity contribution in [2.24, 2.45) is 0 Å². The molecule has 4 nitrogen and oxygen atoms in total. The number of hydrogen-bond donors (Lipinski definition) is 1. The molecule has 144 valence electrons. The summed E-state index contributed by atoms with van der Waals surface area (Å²) in [7, 11) is 0. The number of para-hydroxylation sites is 1. The Balaban J connectivity index is 1.75. The Morgan fingerprint density at radius 1 is 1.00 bits per heavy atom. The van der Waals surface area contributed by atoms with E-state index in [-0.39, 0.29) is 5.91 Å². The number of thioether (sulfide) groups is 1. The first-order valence-corrected chi connectivity index (χ1v) is 10.2. The standard InChI is InChI=1S/C23H18FN3OS/c1-29-20-12-10-16(11-13-20)22-21(15-27(26-22)19-8-3-2-4-9-19)23(28)25-18-7-5-6-17(24)14-18/h2-15H,1H3,(H,25,28). The van der Waals surface area contributed by atoms with E-state index in [2.05, 4.69) is 10.4 Å². The van der Waals surface area contributed by atoms with Gasteiger partial charge in [-0.1, -0.05) is 36.4 Å². The van der Waals surface area contributed by atoms with Crippen LogP contribution in [0.4, 0.5) is 10.1 Å². The number of carbonyl (C=O) groups excluding carboxylic acids is 1.